The van der Waals surface area contributed by atoms with Crippen LogP contribution in [0.25, 0.3) is 11.1 Å². The molecule has 0 amide bonds. The maximum Gasteiger partial charge on any atom is 0.265 e. The van der Waals surface area contributed by atoms with Crippen LogP contribution < -0.4 is 5.32 Å². The van der Waals surface area contributed by atoms with Gasteiger partial charge in [-0.05, 0) is 31.0 Å². The van der Waals surface area contributed by atoms with Crippen molar-refractivity contribution in [1.29, 1.82) is 0 Å². The van der Waals surface area contributed by atoms with Crippen molar-refractivity contribution in [3.05, 3.63) is 42.4 Å². The molecule has 122 valence electrons. The molecule has 4 nitrogen and oxygen atoms in total. The van der Waals surface area contributed by atoms with E-state index < -0.39 is 6.43 Å². The maximum absolute atomic E-state index is 12.7. The van der Waals surface area contributed by atoms with E-state index in [1.165, 1.54) is 12.3 Å². The Morgan fingerprint density at radius 3 is 2.61 bits per heavy atom. The second-order valence-electron chi connectivity index (χ2n) is 5.84. The summed E-state index contributed by atoms with van der Waals surface area (Å²) < 4.78 is 25.5. The van der Waals surface area contributed by atoms with Gasteiger partial charge in [0.25, 0.3) is 6.43 Å². The Hall–Kier alpha value is -2.08. The number of halogens is 2. The first-order valence-electron chi connectivity index (χ1n) is 7.77. The largest absolute Gasteiger partial charge is 0.391 e. The summed E-state index contributed by atoms with van der Waals surface area (Å²) in [6, 6.07) is 5.06. The Kier molecular flexibility index (Phi) is 4.81. The fourth-order valence-electron chi connectivity index (χ4n) is 2.85. The molecule has 1 fully saturated rings. The number of alkyl halides is 2. The van der Waals surface area contributed by atoms with Crippen molar-refractivity contribution in [2.45, 2.75) is 44.3 Å². The normalized spacial score (nSPS) is 21.4. The van der Waals surface area contributed by atoms with Gasteiger partial charge in [0.1, 0.15) is 5.82 Å². The molecule has 23 heavy (non-hydrogen) atoms. The topological polar surface area (TPSA) is 58.0 Å². The summed E-state index contributed by atoms with van der Waals surface area (Å²) in [6.45, 7) is 0. The van der Waals surface area contributed by atoms with Crippen LogP contribution >= 0.6 is 0 Å². The van der Waals surface area contributed by atoms with Gasteiger partial charge in [-0.3, -0.25) is 4.98 Å². The zero-order valence-electron chi connectivity index (χ0n) is 12.6. The molecule has 0 unspecified atom stereocenters. The van der Waals surface area contributed by atoms with Crippen LogP contribution in [-0.2, 0) is 0 Å². The lowest BCUT2D eigenvalue weighted by Gasteiger charge is -2.28. The zero-order chi connectivity index (χ0) is 16.2. The summed E-state index contributed by atoms with van der Waals surface area (Å²) in [5, 5.41) is 13.2. The molecule has 2 aromatic heterocycles. The minimum atomic E-state index is -2.54. The average Bonchev–Trinajstić information content (AvgIpc) is 2.58. The standard InChI is InChI=1S/C17H19F2N3O/c18-17(19)13-7-12(8-20-9-13)11-5-6-16(21-10-11)22-14-3-1-2-4-15(14)23/h5-10,14-15,17,23H,1-4H2,(H,21,22)/t14-,15-/m0/s1. The third-order valence-corrected chi connectivity index (χ3v) is 4.17. The second kappa shape index (κ2) is 7.00. The lowest BCUT2D eigenvalue weighted by molar-refractivity contribution is 0.116. The van der Waals surface area contributed by atoms with E-state index in [1.54, 1.807) is 18.5 Å². The summed E-state index contributed by atoms with van der Waals surface area (Å²) in [5.41, 5.74) is 1.24. The first kappa shape index (κ1) is 15.8. The van der Waals surface area contributed by atoms with E-state index >= 15 is 0 Å². The third-order valence-electron chi connectivity index (χ3n) is 4.17. The monoisotopic (exact) mass is 319 g/mol. The maximum atomic E-state index is 12.7. The number of hydrogen-bond acceptors (Lipinski definition) is 4. The predicted molar refractivity (Wildman–Crippen MR) is 84.3 cm³/mol. The van der Waals surface area contributed by atoms with Crippen LogP contribution in [0.5, 0.6) is 0 Å². The molecular formula is C17H19F2N3O. The van der Waals surface area contributed by atoms with Gasteiger partial charge in [0.2, 0.25) is 0 Å². The Morgan fingerprint density at radius 1 is 1.09 bits per heavy atom. The molecule has 0 aromatic carbocycles. The van der Waals surface area contributed by atoms with E-state index in [0.717, 1.165) is 31.2 Å². The van der Waals surface area contributed by atoms with Crippen molar-refractivity contribution in [2.24, 2.45) is 0 Å². The van der Waals surface area contributed by atoms with Crippen molar-refractivity contribution in [1.82, 2.24) is 9.97 Å². The summed E-state index contributed by atoms with van der Waals surface area (Å²) in [5.74, 6) is 0.678. The molecule has 1 aliphatic rings. The van der Waals surface area contributed by atoms with Gasteiger partial charge in [0.15, 0.2) is 0 Å². The first-order chi connectivity index (χ1) is 11.1. The fourth-order valence-corrected chi connectivity index (χ4v) is 2.85. The summed E-state index contributed by atoms with van der Waals surface area (Å²) in [4.78, 5) is 8.17. The number of anilines is 1. The minimum absolute atomic E-state index is 0.0194. The number of nitrogens with zero attached hydrogens (tertiary/aromatic N) is 2. The van der Waals surface area contributed by atoms with Crippen molar-refractivity contribution < 1.29 is 13.9 Å². The van der Waals surface area contributed by atoms with Gasteiger partial charge in [0.05, 0.1) is 12.1 Å². The molecular weight excluding hydrogens is 300 g/mol. The zero-order valence-corrected chi connectivity index (χ0v) is 12.6. The number of pyridine rings is 2. The third kappa shape index (κ3) is 3.82. The summed E-state index contributed by atoms with van der Waals surface area (Å²) in [6.07, 6.45) is 5.33. The van der Waals surface area contributed by atoms with Gasteiger partial charge in [-0.25, -0.2) is 13.8 Å². The smallest absolute Gasteiger partial charge is 0.265 e. The van der Waals surface area contributed by atoms with E-state index in [-0.39, 0.29) is 17.7 Å². The number of aliphatic hydroxyl groups excluding tert-OH is 1. The van der Waals surface area contributed by atoms with Crippen molar-refractivity contribution >= 4 is 5.82 Å². The highest BCUT2D eigenvalue weighted by Gasteiger charge is 2.22. The average molecular weight is 319 g/mol. The van der Waals surface area contributed by atoms with Gasteiger partial charge in [-0.1, -0.05) is 12.8 Å². The summed E-state index contributed by atoms with van der Waals surface area (Å²) in [7, 11) is 0. The van der Waals surface area contributed by atoms with Crippen molar-refractivity contribution in [3.8, 4) is 11.1 Å². The lowest BCUT2D eigenvalue weighted by Crippen LogP contribution is -2.36. The molecule has 2 aromatic rings. The van der Waals surface area contributed by atoms with Gasteiger partial charge in [-0.15, -0.1) is 0 Å². The van der Waals surface area contributed by atoms with Gasteiger partial charge in [-0.2, -0.15) is 0 Å². The lowest BCUT2D eigenvalue weighted by atomic mass is 9.92. The highest BCUT2D eigenvalue weighted by atomic mass is 19.3. The summed E-state index contributed by atoms with van der Waals surface area (Å²) >= 11 is 0. The number of rotatable bonds is 4. The Labute approximate surface area is 133 Å². The quantitative estimate of drug-likeness (QED) is 0.900. The van der Waals surface area contributed by atoms with Crippen molar-refractivity contribution in [3.63, 3.8) is 0 Å². The molecule has 2 N–H and O–H groups in total. The van der Waals surface area contributed by atoms with Gasteiger partial charge < -0.3 is 10.4 Å². The molecule has 1 saturated carbocycles. The number of nitrogens with one attached hydrogen (secondary N) is 1. The van der Waals surface area contributed by atoms with Gasteiger partial charge in [0, 0.05) is 35.3 Å². The number of aromatic nitrogens is 2. The molecule has 2 heterocycles. The molecule has 1 aliphatic carbocycles. The number of hydrogen-bond donors (Lipinski definition) is 2. The Balaban J connectivity index is 1.73. The molecule has 0 saturated heterocycles. The molecule has 0 radical (unpaired) electrons. The van der Waals surface area contributed by atoms with E-state index in [0.29, 0.717) is 11.4 Å². The molecule has 2 atom stereocenters. The molecule has 0 spiro atoms. The van der Waals surface area contributed by atoms with E-state index in [2.05, 4.69) is 15.3 Å². The van der Waals surface area contributed by atoms with Crippen LogP contribution in [0.15, 0.2) is 36.8 Å². The van der Waals surface area contributed by atoms with Crippen molar-refractivity contribution in [2.75, 3.05) is 5.32 Å². The van der Waals surface area contributed by atoms with Crippen LogP contribution in [0.1, 0.15) is 37.7 Å². The number of aliphatic hydroxyl groups is 1. The molecule has 0 aliphatic heterocycles. The van der Waals surface area contributed by atoms with Crippen LogP contribution in [0.2, 0.25) is 0 Å². The van der Waals surface area contributed by atoms with Gasteiger partial charge >= 0.3 is 0 Å². The minimum Gasteiger partial charge on any atom is -0.391 e. The Morgan fingerprint density at radius 2 is 1.91 bits per heavy atom. The van der Waals surface area contributed by atoms with Crippen LogP contribution in [0.3, 0.4) is 0 Å². The predicted octanol–water partition coefficient (Wildman–Crippen LogP) is 3.80. The SMILES string of the molecule is O[C@H]1CCCC[C@@H]1Nc1ccc(-c2cncc(C(F)F)c2)cn1. The van der Waals surface area contributed by atoms with Crippen LogP contribution in [0.4, 0.5) is 14.6 Å². The molecule has 6 heteroatoms. The molecule has 0 bridgehead atoms. The van der Waals surface area contributed by atoms with Crippen LogP contribution in [0, 0.1) is 0 Å². The van der Waals surface area contributed by atoms with E-state index in [1.807, 2.05) is 6.07 Å². The second-order valence-corrected chi connectivity index (χ2v) is 5.84. The van der Waals surface area contributed by atoms with E-state index in [4.69, 9.17) is 0 Å². The van der Waals surface area contributed by atoms with Crippen LogP contribution in [-0.4, -0.2) is 27.2 Å². The Bertz CT molecular complexity index is 649. The molecule has 3 rings (SSSR count). The highest BCUT2D eigenvalue weighted by Crippen LogP contribution is 2.26. The van der Waals surface area contributed by atoms with E-state index in [9.17, 15) is 13.9 Å². The highest BCUT2D eigenvalue weighted by molar-refractivity contribution is 5.63. The first-order valence-corrected chi connectivity index (χ1v) is 7.77. The fraction of sp³-hybridized carbons (Fsp3) is 0.412.